The lowest BCUT2D eigenvalue weighted by molar-refractivity contribution is 0.532. The maximum Gasteiger partial charge on any atom is 0.128 e. The van der Waals surface area contributed by atoms with E-state index in [2.05, 4.69) is 0 Å². The standard InChI is InChI=1S/C8H9F2NO2S/c1-2-11(14(12)13)8-4-6(9)3-7(10)5-8/h3-5H,2H2,1H3,(H,12,13)/p-1. The predicted octanol–water partition coefficient (Wildman–Crippen LogP) is 1.59. The summed E-state index contributed by atoms with van der Waals surface area (Å²) in [6.45, 7) is 1.69. The first kappa shape index (κ1) is 11.1. The van der Waals surface area contributed by atoms with Crippen molar-refractivity contribution in [2.75, 3.05) is 10.8 Å². The maximum absolute atomic E-state index is 12.7. The van der Waals surface area contributed by atoms with E-state index in [9.17, 15) is 17.5 Å². The van der Waals surface area contributed by atoms with Crippen LogP contribution >= 0.6 is 0 Å². The van der Waals surface area contributed by atoms with Gasteiger partial charge < -0.3 is 8.86 Å². The van der Waals surface area contributed by atoms with Crippen LogP contribution < -0.4 is 4.31 Å². The highest BCUT2D eigenvalue weighted by Gasteiger charge is 2.07. The third kappa shape index (κ3) is 2.49. The molecule has 1 rings (SSSR count). The molecule has 0 aliphatic heterocycles. The molecule has 0 aromatic heterocycles. The molecule has 0 bridgehead atoms. The second kappa shape index (κ2) is 4.47. The molecule has 0 amide bonds. The van der Waals surface area contributed by atoms with Crippen LogP contribution in [0.4, 0.5) is 14.5 Å². The van der Waals surface area contributed by atoms with Crippen LogP contribution in [0.1, 0.15) is 6.92 Å². The molecule has 0 fully saturated rings. The van der Waals surface area contributed by atoms with Crippen molar-refractivity contribution in [1.29, 1.82) is 0 Å². The fourth-order valence-electron chi connectivity index (χ4n) is 1.06. The highest BCUT2D eigenvalue weighted by Crippen LogP contribution is 2.18. The average Bonchev–Trinajstić information content (AvgIpc) is 2.02. The Morgan fingerprint density at radius 2 is 1.86 bits per heavy atom. The van der Waals surface area contributed by atoms with Crippen molar-refractivity contribution < 1.29 is 17.5 Å². The molecule has 0 saturated carbocycles. The molecular formula is C8H8F2NO2S-. The Bertz CT molecular complexity index is 339. The summed E-state index contributed by atoms with van der Waals surface area (Å²) in [5.41, 5.74) is -0.0154. The molecule has 0 spiro atoms. The van der Waals surface area contributed by atoms with Crippen LogP contribution in [0.5, 0.6) is 0 Å². The van der Waals surface area contributed by atoms with Crippen LogP contribution in [0.15, 0.2) is 18.2 Å². The zero-order valence-electron chi connectivity index (χ0n) is 7.37. The number of rotatable bonds is 3. The molecule has 14 heavy (non-hydrogen) atoms. The Hall–Kier alpha value is -1.01. The van der Waals surface area contributed by atoms with Gasteiger partial charge in [-0.2, -0.15) is 0 Å². The van der Waals surface area contributed by atoms with Crippen LogP contribution in [0.3, 0.4) is 0 Å². The van der Waals surface area contributed by atoms with E-state index in [0.29, 0.717) is 6.07 Å². The minimum absolute atomic E-state index is 0.0154. The summed E-state index contributed by atoms with van der Waals surface area (Å²) in [5.74, 6) is -1.60. The summed E-state index contributed by atoms with van der Waals surface area (Å²) >= 11 is -2.52. The van der Waals surface area contributed by atoms with Gasteiger partial charge in [0.1, 0.15) is 11.6 Å². The molecular weight excluding hydrogens is 212 g/mol. The highest BCUT2D eigenvalue weighted by atomic mass is 32.2. The van der Waals surface area contributed by atoms with Crippen molar-refractivity contribution in [2.45, 2.75) is 6.92 Å². The average molecular weight is 220 g/mol. The van der Waals surface area contributed by atoms with Gasteiger partial charge in [-0.05, 0) is 19.1 Å². The van der Waals surface area contributed by atoms with E-state index >= 15 is 0 Å². The Morgan fingerprint density at radius 3 is 2.21 bits per heavy atom. The fourth-order valence-corrected chi connectivity index (χ4v) is 1.55. The zero-order chi connectivity index (χ0) is 10.7. The first-order valence-electron chi connectivity index (χ1n) is 3.87. The van der Waals surface area contributed by atoms with Crippen molar-refractivity contribution in [3.63, 3.8) is 0 Å². The largest absolute Gasteiger partial charge is 0.755 e. The van der Waals surface area contributed by atoms with Gasteiger partial charge in [0.05, 0.1) is 5.69 Å². The van der Waals surface area contributed by atoms with E-state index in [0.717, 1.165) is 16.4 Å². The first-order chi connectivity index (χ1) is 6.54. The molecule has 6 heteroatoms. The summed E-state index contributed by atoms with van der Waals surface area (Å²) < 4.78 is 47.6. The Labute approximate surface area is 82.8 Å². The van der Waals surface area contributed by atoms with Gasteiger partial charge in [-0.25, -0.2) is 8.78 Å². The third-order valence-electron chi connectivity index (χ3n) is 1.60. The number of nitrogens with zero attached hydrogens (tertiary/aromatic N) is 1. The molecule has 0 aliphatic rings. The number of hydrogen-bond acceptors (Lipinski definition) is 2. The Morgan fingerprint density at radius 1 is 1.36 bits per heavy atom. The van der Waals surface area contributed by atoms with Gasteiger partial charge in [0, 0.05) is 23.9 Å². The van der Waals surface area contributed by atoms with Gasteiger partial charge in [-0.15, -0.1) is 0 Å². The third-order valence-corrected chi connectivity index (χ3v) is 2.43. The van der Waals surface area contributed by atoms with Gasteiger partial charge in [-0.1, -0.05) is 0 Å². The minimum atomic E-state index is -2.52. The van der Waals surface area contributed by atoms with Crippen molar-refractivity contribution in [2.24, 2.45) is 0 Å². The van der Waals surface area contributed by atoms with Crippen molar-refractivity contribution in [3.8, 4) is 0 Å². The van der Waals surface area contributed by atoms with Crippen LogP contribution in [-0.4, -0.2) is 15.3 Å². The van der Waals surface area contributed by atoms with Gasteiger partial charge in [-0.3, -0.25) is 4.21 Å². The zero-order valence-corrected chi connectivity index (χ0v) is 8.18. The second-order valence-corrected chi connectivity index (χ2v) is 3.41. The molecule has 0 aliphatic carbocycles. The number of halogens is 2. The first-order valence-corrected chi connectivity index (χ1v) is 4.90. The van der Waals surface area contributed by atoms with Gasteiger partial charge >= 0.3 is 0 Å². The van der Waals surface area contributed by atoms with E-state index in [-0.39, 0.29) is 12.2 Å². The lowest BCUT2D eigenvalue weighted by atomic mass is 10.3. The SMILES string of the molecule is CCN(c1cc(F)cc(F)c1)S(=O)[O-]. The van der Waals surface area contributed by atoms with Crippen LogP contribution in [0, 0.1) is 11.6 Å². The summed E-state index contributed by atoms with van der Waals surface area (Å²) in [4.78, 5) is 0. The normalized spacial score (nSPS) is 12.6. The molecule has 1 aromatic carbocycles. The molecule has 3 nitrogen and oxygen atoms in total. The maximum atomic E-state index is 12.7. The number of benzene rings is 1. The van der Waals surface area contributed by atoms with E-state index < -0.39 is 22.9 Å². The Balaban J connectivity index is 3.10. The molecule has 1 unspecified atom stereocenters. The van der Waals surface area contributed by atoms with Crippen molar-refractivity contribution in [1.82, 2.24) is 0 Å². The summed E-state index contributed by atoms with van der Waals surface area (Å²) in [5, 5.41) is 0. The van der Waals surface area contributed by atoms with E-state index in [1.165, 1.54) is 0 Å². The van der Waals surface area contributed by atoms with Crippen molar-refractivity contribution in [3.05, 3.63) is 29.8 Å². The van der Waals surface area contributed by atoms with Crippen LogP contribution in [0.2, 0.25) is 0 Å². The Kier molecular flexibility index (Phi) is 3.54. The summed E-state index contributed by atoms with van der Waals surface area (Å²) in [6.07, 6.45) is 0. The fraction of sp³-hybridized carbons (Fsp3) is 0.250. The summed E-state index contributed by atoms with van der Waals surface area (Å²) in [7, 11) is 0. The monoisotopic (exact) mass is 220 g/mol. The predicted molar refractivity (Wildman–Crippen MR) is 48.3 cm³/mol. The van der Waals surface area contributed by atoms with Crippen LogP contribution in [0.25, 0.3) is 0 Å². The number of hydrogen-bond donors (Lipinski definition) is 0. The lowest BCUT2D eigenvalue weighted by Gasteiger charge is -2.24. The molecule has 0 saturated heterocycles. The molecule has 1 aromatic rings. The second-order valence-electron chi connectivity index (χ2n) is 2.54. The van der Waals surface area contributed by atoms with Gasteiger partial charge in [0.25, 0.3) is 0 Å². The minimum Gasteiger partial charge on any atom is -0.755 e. The van der Waals surface area contributed by atoms with E-state index in [4.69, 9.17) is 0 Å². The number of anilines is 1. The van der Waals surface area contributed by atoms with Crippen LogP contribution in [-0.2, 0) is 11.3 Å². The van der Waals surface area contributed by atoms with E-state index in [1.54, 1.807) is 6.92 Å². The smallest absolute Gasteiger partial charge is 0.128 e. The van der Waals surface area contributed by atoms with Gasteiger partial charge in [0.2, 0.25) is 0 Å². The molecule has 78 valence electrons. The summed E-state index contributed by atoms with van der Waals surface area (Å²) in [6, 6.07) is 2.61. The highest BCUT2D eigenvalue weighted by molar-refractivity contribution is 7.80. The van der Waals surface area contributed by atoms with Gasteiger partial charge in [0.15, 0.2) is 0 Å². The van der Waals surface area contributed by atoms with Crippen molar-refractivity contribution >= 4 is 17.0 Å². The molecule has 1 atom stereocenters. The lowest BCUT2D eigenvalue weighted by Crippen LogP contribution is -2.24. The quantitative estimate of drug-likeness (QED) is 0.726. The molecule has 0 N–H and O–H groups in total. The topological polar surface area (TPSA) is 43.4 Å². The van der Waals surface area contributed by atoms with E-state index in [1.807, 2.05) is 0 Å². The molecule has 0 radical (unpaired) electrons. The molecule has 0 heterocycles.